The summed E-state index contributed by atoms with van der Waals surface area (Å²) in [6.45, 7) is 12.1. The van der Waals surface area contributed by atoms with Crippen molar-refractivity contribution >= 4 is 18.1 Å². The predicted octanol–water partition coefficient (Wildman–Crippen LogP) is 4.10. The fraction of sp³-hybridized carbons (Fsp3) is 0.556. The molecule has 0 aromatic heterocycles. The average molecular weight is 350 g/mol. The molecule has 1 aromatic carbocycles. The Hall–Kier alpha value is -1.07. The molecule has 0 saturated heterocycles. The van der Waals surface area contributed by atoms with E-state index in [1.807, 2.05) is 19.1 Å². The van der Waals surface area contributed by atoms with E-state index in [0.717, 1.165) is 5.56 Å². The Morgan fingerprint density at radius 3 is 2.39 bits per heavy atom. The van der Waals surface area contributed by atoms with Gasteiger partial charge in [0.25, 0.3) is 10.0 Å². The van der Waals surface area contributed by atoms with Crippen LogP contribution in [0, 0.1) is 24.2 Å². The van der Waals surface area contributed by atoms with Crippen LogP contribution in [0.5, 0.6) is 0 Å². The number of aryl methyl sites for hydroxylation is 1. The maximum Gasteiger partial charge on any atom is 0.263 e. The molecule has 0 bridgehead atoms. The van der Waals surface area contributed by atoms with Crippen LogP contribution in [0.15, 0.2) is 41.4 Å². The van der Waals surface area contributed by atoms with Crippen molar-refractivity contribution in [2.24, 2.45) is 17.3 Å². The Balaban J connectivity index is 1.80. The van der Waals surface area contributed by atoms with Crippen molar-refractivity contribution in [1.82, 2.24) is 4.31 Å². The molecule has 0 spiro atoms. The lowest BCUT2D eigenvalue weighted by atomic mass is 10.0. The summed E-state index contributed by atoms with van der Waals surface area (Å²) in [6, 6.07) is 8.40. The maximum absolute atomic E-state index is 12.8. The van der Waals surface area contributed by atoms with E-state index in [2.05, 4.69) is 32.6 Å². The fourth-order valence-corrected chi connectivity index (χ4v) is 7.21. The average Bonchev–Trinajstić information content (AvgIpc) is 3.00. The summed E-state index contributed by atoms with van der Waals surface area (Å²) in [5, 5.41) is 0. The Labute approximate surface area is 141 Å². The molecule has 0 amide bonds. The lowest BCUT2D eigenvalue weighted by molar-refractivity contribution is 0.431. The molecule has 0 N–H and O–H groups in total. The first-order chi connectivity index (χ1) is 10.5. The molecule has 126 valence electrons. The molecule has 23 heavy (non-hydrogen) atoms. The van der Waals surface area contributed by atoms with Gasteiger partial charge in [-0.25, -0.2) is 8.42 Å². The highest BCUT2D eigenvalue weighted by Gasteiger charge is 2.62. The van der Waals surface area contributed by atoms with Gasteiger partial charge in [0.2, 0.25) is 0 Å². The van der Waals surface area contributed by atoms with Crippen LogP contribution in [0.1, 0.15) is 12.5 Å². The number of rotatable bonds is 4. The zero-order chi connectivity index (χ0) is 17.0. The minimum atomic E-state index is -3.42. The minimum absolute atomic E-state index is 0.208. The summed E-state index contributed by atoms with van der Waals surface area (Å²) < 4.78 is 27.2. The van der Waals surface area contributed by atoms with E-state index >= 15 is 0 Å². The summed E-state index contributed by atoms with van der Waals surface area (Å²) in [4.78, 5) is 0.388. The van der Waals surface area contributed by atoms with Gasteiger partial charge >= 0.3 is 0 Å². The van der Waals surface area contributed by atoms with Gasteiger partial charge in [0.15, 0.2) is 0 Å². The molecular formula is C18H27NO2SSi. The molecule has 2 aliphatic rings. The topological polar surface area (TPSA) is 37.4 Å². The van der Waals surface area contributed by atoms with Crippen molar-refractivity contribution in [1.29, 1.82) is 0 Å². The van der Waals surface area contributed by atoms with Crippen LogP contribution in [0.3, 0.4) is 0 Å². The standard InChI is InChI=1S/C18H27NO2SSi/c1-14-6-8-15(9-7-14)22(20,21)19-11-10-18(2)16(12-19)17(18)13-23(3,4)5/h6-11,16-17H,12-13H2,1-5H3. The molecule has 0 radical (unpaired) electrons. The van der Waals surface area contributed by atoms with Crippen LogP contribution >= 0.6 is 0 Å². The molecule has 3 unspecified atom stereocenters. The van der Waals surface area contributed by atoms with E-state index < -0.39 is 18.1 Å². The van der Waals surface area contributed by atoms with Crippen LogP contribution < -0.4 is 0 Å². The van der Waals surface area contributed by atoms with Crippen LogP contribution in [0.25, 0.3) is 0 Å². The highest BCUT2D eigenvalue weighted by atomic mass is 32.2. The van der Waals surface area contributed by atoms with E-state index in [9.17, 15) is 8.42 Å². The number of fused-ring (bicyclic) bond motifs is 1. The Morgan fingerprint density at radius 1 is 1.22 bits per heavy atom. The lowest BCUT2D eigenvalue weighted by Crippen LogP contribution is -2.31. The van der Waals surface area contributed by atoms with Crippen molar-refractivity contribution in [2.45, 2.75) is 44.4 Å². The van der Waals surface area contributed by atoms with Crippen molar-refractivity contribution in [3.63, 3.8) is 0 Å². The molecule has 3 nitrogen and oxygen atoms in total. The van der Waals surface area contributed by atoms with Crippen molar-refractivity contribution in [3.8, 4) is 0 Å². The summed E-state index contributed by atoms with van der Waals surface area (Å²) in [5.74, 6) is 1.11. The highest BCUT2D eigenvalue weighted by molar-refractivity contribution is 7.89. The first-order valence-electron chi connectivity index (χ1n) is 8.32. The van der Waals surface area contributed by atoms with Gasteiger partial charge in [0.1, 0.15) is 0 Å². The molecule has 1 aliphatic carbocycles. The molecular weight excluding hydrogens is 322 g/mol. The normalized spacial score (nSPS) is 30.2. The second-order valence-electron chi connectivity index (χ2n) is 8.55. The van der Waals surface area contributed by atoms with Crippen molar-refractivity contribution < 1.29 is 8.42 Å². The summed E-state index contributed by atoms with van der Waals surface area (Å²) in [5.41, 5.74) is 1.28. The van der Waals surface area contributed by atoms with E-state index in [1.165, 1.54) is 6.04 Å². The first kappa shape index (κ1) is 16.8. The van der Waals surface area contributed by atoms with Gasteiger partial charge in [-0.1, -0.05) is 56.4 Å². The zero-order valence-corrected chi connectivity index (χ0v) is 16.5. The van der Waals surface area contributed by atoms with Crippen LogP contribution in [-0.4, -0.2) is 27.3 Å². The molecule has 1 heterocycles. The number of nitrogens with zero attached hydrogens (tertiary/aromatic N) is 1. The monoisotopic (exact) mass is 349 g/mol. The van der Waals surface area contributed by atoms with E-state index in [4.69, 9.17) is 0 Å². The SMILES string of the molecule is Cc1ccc(S(=O)(=O)N2C=CC3(C)C(C2)C3C[Si](C)(C)C)cc1. The third-order valence-electron chi connectivity index (χ3n) is 5.41. The van der Waals surface area contributed by atoms with Crippen LogP contribution in [0.4, 0.5) is 0 Å². The number of allylic oxidation sites excluding steroid dienone is 1. The number of hydrogen-bond acceptors (Lipinski definition) is 2. The predicted molar refractivity (Wildman–Crippen MR) is 97.5 cm³/mol. The van der Waals surface area contributed by atoms with Gasteiger partial charge in [-0.05, 0) is 36.3 Å². The second kappa shape index (κ2) is 5.21. The van der Waals surface area contributed by atoms with Crippen LogP contribution in [-0.2, 0) is 10.0 Å². The third kappa shape index (κ3) is 3.01. The minimum Gasteiger partial charge on any atom is -0.273 e. The molecule has 1 aromatic rings. The largest absolute Gasteiger partial charge is 0.273 e. The molecule has 1 aliphatic heterocycles. The quantitative estimate of drug-likeness (QED) is 0.767. The second-order valence-corrected chi connectivity index (χ2v) is 16.0. The first-order valence-corrected chi connectivity index (χ1v) is 13.5. The molecule has 5 heteroatoms. The van der Waals surface area contributed by atoms with Gasteiger partial charge in [-0.15, -0.1) is 0 Å². The lowest BCUT2D eigenvalue weighted by Gasteiger charge is -2.25. The number of sulfonamides is 1. The van der Waals surface area contributed by atoms with E-state index in [0.29, 0.717) is 23.3 Å². The smallest absolute Gasteiger partial charge is 0.263 e. The zero-order valence-electron chi connectivity index (χ0n) is 14.7. The van der Waals surface area contributed by atoms with Gasteiger partial charge in [-0.3, -0.25) is 4.31 Å². The maximum atomic E-state index is 12.8. The highest BCUT2D eigenvalue weighted by Crippen LogP contribution is 2.64. The molecule has 1 fully saturated rings. The number of hydrogen-bond donors (Lipinski definition) is 0. The Kier molecular flexibility index (Phi) is 3.80. The fourth-order valence-electron chi connectivity index (χ4n) is 3.84. The number of benzene rings is 1. The van der Waals surface area contributed by atoms with Gasteiger partial charge in [0.05, 0.1) is 4.90 Å². The van der Waals surface area contributed by atoms with Gasteiger partial charge in [-0.2, -0.15) is 0 Å². The third-order valence-corrected chi connectivity index (χ3v) is 8.83. The molecule has 3 rings (SSSR count). The van der Waals surface area contributed by atoms with Crippen molar-refractivity contribution in [2.75, 3.05) is 6.54 Å². The van der Waals surface area contributed by atoms with Gasteiger partial charge < -0.3 is 0 Å². The molecule has 1 saturated carbocycles. The summed E-state index contributed by atoms with van der Waals surface area (Å²) >= 11 is 0. The van der Waals surface area contributed by atoms with Crippen molar-refractivity contribution in [3.05, 3.63) is 42.1 Å². The summed E-state index contributed by atoms with van der Waals surface area (Å²) in [7, 11) is -4.55. The summed E-state index contributed by atoms with van der Waals surface area (Å²) in [6.07, 6.45) is 3.94. The molecule has 3 atom stereocenters. The van der Waals surface area contributed by atoms with Crippen LogP contribution in [0.2, 0.25) is 25.7 Å². The van der Waals surface area contributed by atoms with E-state index in [-0.39, 0.29) is 5.41 Å². The van der Waals surface area contributed by atoms with Gasteiger partial charge in [0, 0.05) is 20.8 Å². The van der Waals surface area contributed by atoms with E-state index in [1.54, 1.807) is 22.6 Å². The Bertz CT molecular complexity index is 733. The Morgan fingerprint density at radius 2 is 1.83 bits per heavy atom.